The number of benzene rings is 2. The van der Waals surface area contributed by atoms with Crippen LogP contribution in [0.4, 0.5) is 0 Å². The molecule has 0 saturated heterocycles. The molecule has 2 nitrogen and oxygen atoms in total. The molecule has 31 heavy (non-hydrogen) atoms. The van der Waals surface area contributed by atoms with Crippen LogP contribution in [0.1, 0.15) is 61.9 Å². The van der Waals surface area contributed by atoms with Crippen LogP contribution >= 0.6 is 0 Å². The van der Waals surface area contributed by atoms with E-state index in [2.05, 4.69) is 95.8 Å². The lowest BCUT2D eigenvalue weighted by Gasteiger charge is -2.28. The highest BCUT2D eigenvalue weighted by atomic mass is 15.2. The van der Waals surface area contributed by atoms with Gasteiger partial charge in [-0.05, 0) is 78.7 Å². The van der Waals surface area contributed by atoms with Gasteiger partial charge in [-0.1, -0.05) is 68.1 Å². The maximum Gasteiger partial charge on any atom is 0.121 e. The molecule has 0 radical (unpaired) electrons. The van der Waals surface area contributed by atoms with E-state index in [0.29, 0.717) is 0 Å². The van der Waals surface area contributed by atoms with Crippen LogP contribution < -0.4 is 0 Å². The highest BCUT2D eigenvalue weighted by molar-refractivity contribution is 6.29. The van der Waals surface area contributed by atoms with Crippen molar-refractivity contribution in [3.8, 4) is 0 Å². The van der Waals surface area contributed by atoms with E-state index in [1.54, 1.807) is 0 Å². The fourth-order valence-corrected chi connectivity index (χ4v) is 4.22. The van der Waals surface area contributed by atoms with E-state index in [9.17, 15) is 0 Å². The first-order valence-electron chi connectivity index (χ1n) is 11.0. The fourth-order valence-electron chi connectivity index (χ4n) is 4.22. The van der Waals surface area contributed by atoms with Gasteiger partial charge in [0, 0.05) is 19.7 Å². The van der Waals surface area contributed by atoms with Gasteiger partial charge in [0.15, 0.2) is 0 Å². The quantitative estimate of drug-likeness (QED) is 0.497. The minimum absolute atomic E-state index is 0.750. The van der Waals surface area contributed by atoms with Crippen molar-refractivity contribution in [3.63, 3.8) is 0 Å². The minimum atomic E-state index is 0.750. The van der Waals surface area contributed by atoms with Gasteiger partial charge in [-0.3, -0.25) is 0 Å². The van der Waals surface area contributed by atoms with Crippen molar-refractivity contribution in [2.45, 2.75) is 41.0 Å². The molecule has 2 aromatic carbocycles. The van der Waals surface area contributed by atoms with E-state index >= 15 is 0 Å². The molecule has 0 bridgehead atoms. The predicted octanol–water partition coefficient (Wildman–Crippen LogP) is 7.52. The zero-order chi connectivity index (χ0) is 22.7. The summed E-state index contributed by atoms with van der Waals surface area (Å²) >= 11 is 0. The molecule has 0 aromatic heterocycles. The minimum Gasteiger partial charge on any atom is -0.363 e. The van der Waals surface area contributed by atoms with Gasteiger partial charge >= 0.3 is 0 Å². The van der Waals surface area contributed by atoms with Crippen LogP contribution in [-0.4, -0.2) is 24.7 Å². The Hall–Kier alpha value is -3.13. The summed E-state index contributed by atoms with van der Waals surface area (Å²) in [6, 6.07) is 15.4. The Morgan fingerprint density at radius 2 is 1.71 bits per heavy atom. The number of aryl methyl sites for hydroxylation is 1. The summed E-state index contributed by atoms with van der Waals surface area (Å²) in [4.78, 5) is 6.91. The number of nitrogens with zero attached hydrogens (tertiary/aromatic N) is 2. The molecule has 0 aliphatic heterocycles. The third-order valence-electron chi connectivity index (χ3n) is 5.98. The number of hydrogen-bond acceptors (Lipinski definition) is 2. The molecule has 0 unspecified atom stereocenters. The van der Waals surface area contributed by atoms with Crippen LogP contribution in [0.2, 0.25) is 0 Å². The van der Waals surface area contributed by atoms with Gasteiger partial charge in [0.1, 0.15) is 5.82 Å². The van der Waals surface area contributed by atoms with Crippen molar-refractivity contribution < 1.29 is 0 Å². The van der Waals surface area contributed by atoms with Gasteiger partial charge < -0.3 is 4.90 Å². The monoisotopic (exact) mass is 410 g/mol. The lowest BCUT2D eigenvalue weighted by atomic mass is 9.77. The van der Waals surface area contributed by atoms with Gasteiger partial charge in [0.05, 0.1) is 5.71 Å². The molecule has 3 rings (SSSR count). The van der Waals surface area contributed by atoms with Crippen LogP contribution in [0.3, 0.4) is 0 Å². The van der Waals surface area contributed by atoms with Crippen molar-refractivity contribution >= 4 is 22.4 Å². The first-order chi connectivity index (χ1) is 14.8. The summed E-state index contributed by atoms with van der Waals surface area (Å²) in [5.74, 6) is 0.750. The van der Waals surface area contributed by atoms with E-state index in [1.807, 2.05) is 19.0 Å². The van der Waals surface area contributed by atoms with E-state index < -0.39 is 0 Å². The van der Waals surface area contributed by atoms with E-state index in [4.69, 9.17) is 4.99 Å². The third kappa shape index (κ3) is 4.34. The standard InChI is InChI=1S/C29H34N2/c1-9-13-19(3)23-16-17-25(20(4)18-23)28-21(5)29(30-22(6)31(7)8)27-15-12-11-14-26(27)24(28)10-2/h10-18H,6,9H2,1-5,7-8H3/b19-13-,24-10-,30-29+. The topological polar surface area (TPSA) is 15.6 Å². The van der Waals surface area contributed by atoms with Crippen molar-refractivity contribution in [2.24, 2.45) is 4.99 Å². The Morgan fingerprint density at radius 1 is 1.03 bits per heavy atom. The lowest BCUT2D eigenvalue weighted by molar-refractivity contribution is 0.509. The highest BCUT2D eigenvalue weighted by Crippen LogP contribution is 2.42. The Bertz CT molecular complexity index is 1140. The number of hydrogen-bond donors (Lipinski definition) is 0. The van der Waals surface area contributed by atoms with Gasteiger partial charge in [0.25, 0.3) is 0 Å². The second kappa shape index (κ2) is 9.34. The summed E-state index contributed by atoms with van der Waals surface area (Å²) in [6.45, 7) is 15.0. The summed E-state index contributed by atoms with van der Waals surface area (Å²) in [6.07, 6.45) is 5.56. The van der Waals surface area contributed by atoms with Crippen LogP contribution in [0.5, 0.6) is 0 Å². The zero-order valence-corrected chi connectivity index (χ0v) is 20.0. The van der Waals surface area contributed by atoms with Crippen LogP contribution in [0.15, 0.2) is 77.6 Å². The maximum atomic E-state index is 4.96. The van der Waals surface area contributed by atoms with Crippen molar-refractivity contribution in [1.82, 2.24) is 4.90 Å². The normalized spacial score (nSPS) is 16.7. The van der Waals surface area contributed by atoms with E-state index in [-0.39, 0.29) is 0 Å². The number of allylic oxidation sites excluding steroid dienone is 6. The molecule has 0 N–H and O–H groups in total. The van der Waals surface area contributed by atoms with Crippen LogP contribution in [-0.2, 0) is 0 Å². The number of fused-ring (bicyclic) bond motifs is 1. The average Bonchev–Trinajstić information content (AvgIpc) is 2.75. The molecule has 1 aliphatic rings. The third-order valence-corrected chi connectivity index (χ3v) is 5.98. The first-order valence-corrected chi connectivity index (χ1v) is 11.0. The smallest absolute Gasteiger partial charge is 0.121 e. The second-order valence-electron chi connectivity index (χ2n) is 8.34. The van der Waals surface area contributed by atoms with Crippen molar-refractivity contribution in [3.05, 3.63) is 100 Å². The summed E-state index contributed by atoms with van der Waals surface area (Å²) in [7, 11) is 3.96. The molecule has 2 heteroatoms. The SMILES string of the molecule is C=C(/N=C1C(C)=C(c2ccc(/C(C)=C\CC)cc2C)/C(=C\C)c2ccccc2\1)N(C)C. The number of rotatable bonds is 5. The van der Waals surface area contributed by atoms with Gasteiger partial charge in [-0.15, -0.1) is 0 Å². The van der Waals surface area contributed by atoms with Gasteiger partial charge in [-0.25, -0.2) is 4.99 Å². The maximum absolute atomic E-state index is 4.96. The van der Waals surface area contributed by atoms with Crippen molar-refractivity contribution in [1.29, 1.82) is 0 Å². The Kier molecular flexibility index (Phi) is 6.80. The van der Waals surface area contributed by atoms with Crippen molar-refractivity contribution in [2.75, 3.05) is 14.1 Å². The van der Waals surface area contributed by atoms with Crippen LogP contribution in [0, 0.1) is 6.92 Å². The molecule has 0 saturated carbocycles. The van der Waals surface area contributed by atoms with E-state index in [0.717, 1.165) is 23.5 Å². The average molecular weight is 411 g/mol. The fraction of sp³-hybridized carbons (Fsp3) is 0.276. The Morgan fingerprint density at radius 3 is 2.29 bits per heavy atom. The summed E-state index contributed by atoms with van der Waals surface area (Å²) < 4.78 is 0. The summed E-state index contributed by atoms with van der Waals surface area (Å²) in [5.41, 5.74) is 12.2. The Balaban J connectivity index is 2.28. The summed E-state index contributed by atoms with van der Waals surface area (Å²) in [5, 5.41) is 0. The number of aliphatic imine (C=N–C) groups is 1. The molecule has 160 valence electrons. The first kappa shape index (κ1) is 22.6. The largest absolute Gasteiger partial charge is 0.363 e. The molecule has 2 aromatic rings. The predicted molar refractivity (Wildman–Crippen MR) is 137 cm³/mol. The van der Waals surface area contributed by atoms with Gasteiger partial charge in [-0.2, -0.15) is 0 Å². The second-order valence-corrected chi connectivity index (χ2v) is 8.34. The lowest BCUT2D eigenvalue weighted by Crippen LogP contribution is -2.18. The molecule has 0 heterocycles. The molecular formula is C29H34N2. The molecule has 0 amide bonds. The van der Waals surface area contributed by atoms with E-state index in [1.165, 1.54) is 44.5 Å². The molecular weight excluding hydrogens is 376 g/mol. The molecule has 1 aliphatic carbocycles. The molecule has 0 fully saturated rings. The van der Waals surface area contributed by atoms with Crippen LogP contribution in [0.25, 0.3) is 16.7 Å². The molecule has 0 atom stereocenters. The zero-order valence-electron chi connectivity index (χ0n) is 20.0. The van der Waals surface area contributed by atoms with Gasteiger partial charge in [0.2, 0.25) is 0 Å². The molecule has 0 spiro atoms. The Labute approximate surface area is 188 Å². The highest BCUT2D eigenvalue weighted by Gasteiger charge is 2.27.